The van der Waals surface area contributed by atoms with Gasteiger partial charge in [0.1, 0.15) is 35.2 Å². The molecule has 0 amide bonds. The van der Waals surface area contributed by atoms with Crippen molar-refractivity contribution in [3.63, 3.8) is 0 Å². The molecule has 1 saturated carbocycles. The van der Waals surface area contributed by atoms with E-state index in [1.54, 1.807) is 43.5 Å². The van der Waals surface area contributed by atoms with Gasteiger partial charge in [-0.25, -0.2) is 0 Å². The Hall–Kier alpha value is -3.52. The smallest absolute Gasteiger partial charge is 0.312 e. The summed E-state index contributed by atoms with van der Waals surface area (Å²) in [5, 5.41) is 25.6. The standard InChI is InChI=1S/C46H66O13Si2/c1-43(2,3)60(11,12)55-27-35(59-61(13,14)44(4,5)6)34-26-54-41(53-10)42(57-34)56-31-24-32(51-8)38-33(25-31)58-46(29-20-22-30(50-7)23-21-29)37(28-18-16-15-17-19-28)36(40(48)52-9)39(47)45(38,46)49/h15-25,34-37,39,41-42,47,49H,26-27H2,1-14H3/t34-,35+,36-,37-,39-,41+,42-,45+,46+/m1/s1. The van der Waals surface area contributed by atoms with Crippen molar-refractivity contribution in [1.29, 1.82) is 0 Å². The number of hydrogen-bond donors (Lipinski definition) is 2. The fourth-order valence-electron chi connectivity index (χ4n) is 8.27. The molecule has 3 aliphatic rings. The van der Waals surface area contributed by atoms with Crippen molar-refractivity contribution in [3.8, 4) is 23.0 Å². The van der Waals surface area contributed by atoms with Crippen molar-refractivity contribution in [2.75, 3.05) is 41.7 Å². The number of carbonyl (C=O) groups is 1. The third kappa shape index (κ3) is 8.26. The summed E-state index contributed by atoms with van der Waals surface area (Å²) >= 11 is 0. The Morgan fingerprint density at radius 3 is 2.05 bits per heavy atom. The Morgan fingerprint density at radius 2 is 1.49 bits per heavy atom. The summed E-state index contributed by atoms with van der Waals surface area (Å²) in [5.74, 6) is -1.78. The van der Waals surface area contributed by atoms with Crippen molar-refractivity contribution in [3.05, 3.63) is 83.4 Å². The number of rotatable bonds is 14. The van der Waals surface area contributed by atoms with E-state index in [-0.39, 0.29) is 39.5 Å². The number of esters is 1. The summed E-state index contributed by atoms with van der Waals surface area (Å²) in [7, 11) is 1.26. The highest BCUT2D eigenvalue weighted by Gasteiger charge is 2.78. The Kier molecular flexibility index (Phi) is 13.3. The minimum absolute atomic E-state index is 0.0189. The number of carbonyl (C=O) groups excluding carboxylic acids is 1. The molecule has 9 atom stereocenters. The van der Waals surface area contributed by atoms with E-state index in [0.29, 0.717) is 23.5 Å². The van der Waals surface area contributed by atoms with Gasteiger partial charge in [0, 0.05) is 25.2 Å². The number of benzene rings is 3. The van der Waals surface area contributed by atoms with Crippen LogP contribution >= 0.6 is 0 Å². The number of ether oxygens (including phenoxy) is 8. The van der Waals surface area contributed by atoms with Crippen molar-refractivity contribution in [2.45, 2.75) is 126 Å². The van der Waals surface area contributed by atoms with E-state index in [1.807, 2.05) is 30.3 Å². The molecule has 2 N–H and O–H groups in total. The molecule has 61 heavy (non-hydrogen) atoms. The molecule has 2 heterocycles. The van der Waals surface area contributed by atoms with Crippen molar-refractivity contribution < 1.29 is 61.8 Å². The molecule has 3 aromatic rings. The molecule has 1 saturated heterocycles. The third-order valence-corrected chi connectivity index (χ3v) is 22.7. The van der Waals surface area contributed by atoms with Gasteiger partial charge in [0.25, 0.3) is 6.29 Å². The SMILES string of the molecule is COC(=O)[C@H]1[C@@H](O)[C@@]2(O)c3c(OC)cc(O[C@@H]4O[C@@H]([C@H](CO[Si](C)(C)C(C)(C)C)O[Si](C)(C)C(C)(C)C)CO[C@@H]4OC)cc3O[C@@]2(c2ccc(OC)cc2)[C@@H]1c1ccccc1. The second kappa shape index (κ2) is 17.2. The molecule has 6 rings (SSSR count). The number of aliphatic hydroxyl groups is 2. The lowest BCUT2D eigenvalue weighted by Crippen LogP contribution is -2.57. The highest BCUT2D eigenvalue weighted by atomic mass is 28.4. The maximum Gasteiger partial charge on any atom is 0.312 e. The molecule has 336 valence electrons. The maximum absolute atomic E-state index is 13.7. The van der Waals surface area contributed by atoms with Crippen LogP contribution in [0.15, 0.2) is 66.7 Å². The topological polar surface area (TPSA) is 150 Å². The summed E-state index contributed by atoms with van der Waals surface area (Å²) in [6, 6.07) is 19.4. The van der Waals surface area contributed by atoms with E-state index >= 15 is 0 Å². The first-order chi connectivity index (χ1) is 28.5. The summed E-state index contributed by atoms with van der Waals surface area (Å²) in [6.45, 7) is 22.5. The molecular weight excluding hydrogens is 817 g/mol. The molecule has 0 aromatic heterocycles. The zero-order valence-electron chi connectivity index (χ0n) is 38.2. The predicted molar refractivity (Wildman–Crippen MR) is 234 cm³/mol. The summed E-state index contributed by atoms with van der Waals surface area (Å²) in [5.41, 5.74) is -2.76. The first-order valence-corrected chi connectivity index (χ1v) is 26.7. The highest BCUT2D eigenvalue weighted by Crippen LogP contribution is 2.70. The van der Waals surface area contributed by atoms with E-state index in [4.69, 9.17) is 46.7 Å². The minimum Gasteiger partial charge on any atom is -0.497 e. The van der Waals surface area contributed by atoms with Crippen molar-refractivity contribution in [2.24, 2.45) is 5.92 Å². The van der Waals surface area contributed by atoms with E-state index in [1.165, 1.54) is 21.3 Å². The fraction of sp³-hybridized carbons (Fsp3) is 0.587. The second-order valence-electron chi connectivity index (χ2n) is 19.3. The van der Waals surface area contributed by atoms with Crippen LogP contribution in [0.4, 0.5) is 0 Å². The lowest BCUT2D eigenvalue weighted by Gasteiger charge is -2.45. The summed E-state index contributed by atoms with van der Waals surface area (Å²) < 4.78 is 62.9. The van der Waals surface area contributed by atoms with Gasteiger partial charge in [0.2, 0.25) is 6.29 Å². The Balaban J connectivity index is 1.42. The maximum atomic E-state index is 13.7. The average molecular weight is 883 g/mol. The molecule has 2 aliphatic heterocycles. The molecule has 0 radical (unpaired) electrons. The van der Waals surface area contributed by atoms with Crippen LogP contribution < -0.4 is 18.9 Å². The quantitative estimate of drug-likeness (QED) is 0.121. The normalized spacial score (nSPS) is 28.3. The van der Waals surface area contributed by atoms with E-state index in [0.717, 1.165) is 0 Å². The van der Waals surface area contributed by atoms with Crippen LogP contribution in [-0.2, 0) is 43.8 Å². The fourth-order valence-corrected chi connectivity index (χ4v) is 10.6. The summed E-state index contributed by atoms with van der Waals surface area (Å²) in [4.78, 5) is 13.7. The van der Waals surface area contributed by atoms with Gasteiger partial charge in [-0.3, -0.25) is 4.79 Å². The lowest BCUT2D eigenvalue weighted by atomic mass is 9.70. The van der Waals surface area contributed by atoms with Crippen LogP contribution in [0.1, 0.15) is 64.2 Å². The minimum atomic E-state index is -2.33. The van der Waals surface area contributed by atoms with Crippen LogP contribution in [0.25, 0.3) is 0 Å². The molecule has 1 aliphatic carbocycles. The number of methoxy groups -OCH3 is 4. The average Bonchev–Trinajstić information content (AvgIpc) is 3.59. The van der Waals surface area contributed by atoms with E-state index in [2.05, 4.69) is 67.7 Å². The first kappa shape index (κ1) is 47.0. The third-order valence-electron chi connectivity index (χ3n) is 13.7. The van der Waals surface area contributed by atoms with Crippen LogP contribution in [0.3, 0.4) is 0 Å². The molecule has 0 spiro atoms. The van der Waals surface area contributed by atoms with Gasteiger partial charge in [-0.2, -0.15) is 0 Å². The van der Waals surface area contributed by atoms with E-state index in [9.17, 15) is 15.0 Å². The zero-order valence-corrected chi connectivity index (χ0v) is 40.2. The van der Waals surface area contributed by atoms with Crippen LogP contribution in [0.5, 0.6) is 23.0 Å². The van der Waals surface area contributed by atoms with Crippen LogP contribution in [0, 0.1) is 5.92 Å². The molecule has 3 aromatic carbocycles. The van der Waals surface area contributed by atoms with Crippen LogP contribution in [-0.4, -0.2) is 105 Å². The summed E-state index contributed by atoms with van der Waals surface area (Å²) in [6.07, 6.45) is -4.79. The molecule has 2 fully saturated rings. The van der Waals surface area contributed by atoms with Crippen molar-refractivity contribution in [1.82, 2.24) is 0 Å². The molecule has 0 bridgehead atoms. The Bertz CT molecular complexity index is 2000. The van der Waals surface area contributed by atoms with Gasteiger partial charge < -0.3 is 57.0 Å². The van der Waals surface area contributed by atoms with Gasteiger partial charge in [-0.05, 0) is 59.5 Å². The number of fused-ring (bicyclic) bond motifs is 3. The van der Waals surface area contributed by atoms with Gasteiger partial charge in [0.15, 0.2) is 27.8 Å². The van der Waals surface area contributed by atoms with Crippen molar-refractivity contribution >= 4 is 22.6 Å². The van der Waals surface area contributed by atoms with Gasteiger partial charge in [0.05, 0.1) is 52.1 Å². The number of hydrogen-bond acceptors (Lipinski definition) is 13. The Morgan fingerprint density at radius 1 is 0.852 bits per heavy atom. The zero-order chi connectivity index (χ0) is 44.9. The monoisotopic (exact) mass is 882 g/mol. The van der Waals surface area contributed by atoms with E-state index < -0.39 is 76.5 Å². The first-order valence-electron chi connectivity index (χ1n) is 20.9. The lowest BCUT2D eigenvalue weighted by molar-refractivity contribution is -0.323. The predicted octanol–water partition coefficient (Wildman–Crippen LogP) is 7.63. The van der Waals surface area contributed by atoms with Gasteiger partial charge >= 0.3 is 5.97 Å². The van der Waals surface area contributed by atoms with Crippen LogP contribution in [0.2, 0.25) is 36.3 Å². The molecule has 15 heteroatoms. The Labute approximate surface area is 363 Å². The molecule has 0 unspecified atom stereocenters. The molecule has 13 nitrogen and oxygen atoms in total. The largest absolute Gasteiger partial charge is 0.497 e. The van der Waals surface area contributed by atoms with Gasteiger partial charge in [-0.15, -0.1) is 0 Å². The number of aliphatic hydroxyl groups excluding tert-OH is 1. The van der Waals surface area contributed by atoms with Gasteiger partial charge in [-0.1, -0.05) is 84.0 Å². The second-order valence-corrected chi connectivity index (χ2v) is 28.9. The molecular formula is C46H66O13Si2. The highest BCUT2D eigenvalue weighted by molar-refractivity contribution is 6.74.